The van der Waals surface area contributed by atoms with Gasteiger partial charge >= 0.3 is 0 Å². The summed E-state index contributed by atoms with van der Waals surface area (Å²) in [6.07, 6.45) is 1.61. The number of carbonyl (C=O) groups excluding carboxylic acids is 1. The lowest BCUT2D eigenvalue weighted by Gasteiger charge is -1.91. The van der Waals surface area contributed by atoms with E-state index in [0.717, 1.165) is 11.5 Å². The predicted octanol–water partition coefficient (Wildman–Crippen LogP) is 3.51. The molecule has 0 unspecified atom stereocenters. The van der Waals surface area contributed by atoms with Crippen LogP contribution in [0, 0.1) is 11.8 Å². The number of aromatic amines is 1. The van der Waals surface area contributed by atoms with Gasteiger partial charge < -0.3 is 9.40 Å². The number of ketones is 1. The minimum absolute atomic E-state index is 0.195. The Bertz CT molecular complexity index is 771. The molecular formula is C17H11NO2. The maximum absolute atomic E-state index is 11.8. The van der Waals surface area contributed by atoms with Gasteiger partial charge in [-0.05, 0) is 36.1 Å². The average Bonchev–Trinajstić information content (AvgIpc) is 3.16. The Balaban J connectivity index is 1.80. The van der Waals surface area contributed by atoms with Crippen LogP contribution in [-0.4, -0.2) is 10.8 Å². The second kappa shape index (κ2) is 5.33. The van der Waals surface area contributed by atoms with Crippen LogP contribution in [0.2, 0.25) is 0 Å². The first-order valence-corrected chi connectivity index (χ1v) is 6.17. The zero-order valence-electron chi connectivity index (χ0n) is 10.6. The van der Waals surface area contributed by atoms with Crippen molar-refractivity contribution in [2.75, 3.05) is 0 Å². The summed E-state index contributed by atoms with van der Waals surface area (Å²) in [4.78, 5) is 15.0. The molecule has 3 aromatic rings. The molecule has 0 radical (unpaired) electrons. The lowest BCUT2D eigenvalue weighted by molar-refractivity contribution is 0.105. The molecule has 3 heteroatoms. The molecule has 0 bridgehead atoms. The van der Waals surface area contributed by atoms with Gasteiger partial charge in [0.25, 0.3) is 0 Å². The summed E-state index contributed by atoms with van der Waals surface area (Å²) in [5, 5.41) is 0. The van der Waals surface area contributed by atoms with Crippen LogP contribution >= 0.6 is 0 Å². The third-order valence-corrected chi connectivity index (χ3v) is 2.82. The monoisotopic (exact) mass is 261 g/mol. The van der Waals surface area contributed by atoms with Crippen LogP contribution < -0.4 is 0 Å². The molecule has 0 amide bonds. The molecule has 2 heterocycles. The van der Waals surface area contributed by atoms with Crippen molar-refractivity contribution in [1.82, 2.24) is 4.98 Å². The van der Waals surface area contributed by atoms with Crippen molar-refractivity contribution in [1.29, 1.82) is 0 Å². The van der Waals surface area contributed by atoms with Crippen molar-refractivity contribution < 1.29 is 9.21 Å². The molecule has 2 aromatic heterocycles. The second-order valence-electron chi connectivity index (χ2n) is 4.21. The minimum atomic E-state index is -0.195. The molecule has 0 atom stereocenters. The fraction of sp³-hybridized carbons (Fsp3) is 0. The van der Waals surface area contributed by atoms with E-state index in [1.54, 1.807) is 18.4 Å². The van der Waals surface area contributed by atoms with Crippen LogP contribution in [0.1, 0.15) is 16.1 Å². The molecule has 0 aliphatic carbocycles. The normalized spacial score (nSPS) is 9.80. The van der Waals surface area contributed by atoms with E-state index >= 15 is 0 Å². The van der Waals surface area contributed by atoms with Gasteiger partial charge in [-0.3, -0.25) is 4.79 Å². The maximum Gasteiger partial charge on any atom is 0.236 e. The number of rotatable bonds is 2. The molecule has 0 aliphatic heterocycles. The molecule has 3 nitrogen and oxygen atoms in total. The SMILES string of the molecule is O=C(C#Cc1ccc(-c2ccco2)[nH]1)c1ccccc1. The summed E-state index contributed by atoms with van der Waals surface area (Å²) in [6, 6.07) is 16.4. The van der Waals surface area contributed by atoms with Crippen LogP contribution in [0.15, 0.2) is 65.3 Å². The van der Waals surface area contributed by atoms with Gasteiger partial charge in [-0.25, -0.2) is 0 Å². The van der Waals surface area contributed by atoms with E-state index in [0.29, 0.717) is 11.3 Å². The van der Waals surface area contributed by atoms with Crippen molar-refractivity contribution in [2.24, 2.45) is 0 Å². The van der Waals surface area contributed by atoms with Crippen molar-refractivity contribution in [3.05, 3.63) is 72.1 Å². The van der Waals surface area contributed by atoms with Gasteiger partial charge in [-0.1, -0.05) is 30.3 Å². The Kier molecular flexibility index (Phi) is 3.22. The average molecular weight is 261 g/mol. The van der Waals surface area contributed by atoms with E-state index in [2.05, 4.69) is 16.8 Å². The summed E-state index contributed by atoms with van der Waals surface area (Å²) in [6.45, 7) is 0. The second-order valence-corrected chi connectivity index (χ2v) is 4.21. The van der Waals surface area contributed by atoms with E-state index < -0.39 is 0 Å². The summed E-state index contributed by atoms with van der Waals surface area (Å²) in [5.41, 5.74) is 2.12. The highest BCUT2D eigenvalue weighted by Gasteiger charge is 2.03. The lowest BCUT2D eigenvalue weighted by atomic mass is 10.1. The van der Waals surface area contributed by atoms with Crippen LogP contribution in [0.4, 0.5) is 0 Å². The number of carbonyl (C=O) groups is 1. The Labute approximate surface area is 116 Å². The number of hydrogen-bond donors (Lipinski definition) is 1. The lowest BCUT2D eigenvalue weighted by Crippen LogP contribution is -1.93. The standard InChI is InChI=1S/C17H11NO2/c19-16(13-5-2-1-3-6-13)11-9-14-8-10-15(18-14)17-7-4-12-20-17/h1-8,10,12,18H. The summed E-state index contributed by atoms with van der Waals surface area (Å²) in [5.74, 6) is 6.00. The van der Waals surface area contributed by atoms with Gasteiger partial charge in [0, 0.05) is 5.56 Å². The van der Waals surface area contributed by atoms with Gasteiger partial charge in [0.15, 0.2) is 0 Å². The summed E-state index contributed by atoms with van der Waals surface area (Å²) in [7, 11) is 0. The topological polar surface area (TPSA) is 46.0 Å². The maximum atomic E-state index is 11.8. The molecule has 0 spiro atoms. The highest BCUT2D eigenvalue weighted by Crippen LogP contribution is 2.18. The Morgan fingerprint density at radius 2 is 1.85 bits per heavy atom. The summed E-state index contributed by atoms with van der Waals surface area (Å²) < 4.78 is 5.28. The number of benzene rings is 1. The molecular weight excluding hydrogens is 250 g/mol. The molecule has 20 heavy (non-hydrogen) atoms. The van der Waals surface area contributed by atoms with E-state index in [4.69, 9.17) is 4.42 Å². The molecule has 0 aliphatic rings. The van der Waals surface area contributed by atoms with E-state index in [9.17, 15) is 4.79 Å². The number of nitrogens with one attached hydrogen (secondary N) is 1. The Hall–Kier alpha value is -2.99. The third-order valence-electron chi connectivity index (χ3n) is 2.82. The van der Waals surface area contributed by atoms with Gasteiger partial charge in [-0.15, -0.1) is 0 Å². The van der Waals surface area contributed by atoms with E-state index in [-0.39, 0.29) is 5.78 Å². The first-order chi connectivity index (χ1) is 9.83. The largest absolute Gasteiger partial charge is 0.463 e. The zero-order valence-corrected chi connectivity index (χ0v) is 10.6. The fourth-order valence-electron chi connectivity index (χ4n) is 1.83. The molecule has 1 N–H and O–H groups in total. The van der Waals surface area contributed by atoms with Gasteiger partial charge in [0.05, 0.1) is 17.7 Å². The minimum Gasteiger partial charge on any atom is -0.463 e. The van der Waals surface area contributed by atoms with E-state index in [1.807, 2.05) is 42.5 Å². The van der Waals surface area contributed by atoms with Crippen molar-refractivity contribution in [2.45, 2.75) is 0 Å². The third kappa shape index (κ3) is 2.55. The molecule has 0 saturated carbocycles. The highest BCUT2D eigenvalue weighted by molar-refractivity contribution is 6.09. The highest BCUT2D eigenvalue weighted by atomic mass is 16.3. The molecule has 0 fully saturated rings. The van der Waals surface area contributed by atoms with Gasteiger partial charge in [0.2, 0.25) is 5.78 Å². The van der Waals surface area contributed by atoms with E-state index in [1.165, 1.54) is 0 Å². The Morgan fingerprint density at radius 1 is 1.00 bits per heavy atom. The fourth-order valence-corrected chi connectivity index (χ4v) is 1.83. The molecule has 0 saturated heterocycles. The van der Waals surface area contributed by atoms with Crippen LogP contribution in [0.5, 0.6) is 0 Å². The molecule has 96 valence electrons. The first-order valence-electron chi connectivity index (χ1n) is 6.17. The van der Waals surface area contributed by atoms with Gasteiger partial charge in [-0.2, -0.15) is 0 Å². The van der Waals surface area contributed by atoms with Crippen molar-refractivity contribution in [3.63, 3.8) is 0 Å². The van der Waals surface area contributed by atoms with Crippen molar-refractivity contribution in [3.8, 4) is 23.3 Å². The number of hydrogen-bond acceptors (Lipinski definition) is 2. The first kappa shape index (κ1) is 12.1. The predicted molar refractivity (Wildman–Crippen MR) is 76.1 cm³/mol. The Morgan fingerprint density at radius 3 is 2.60 bits per heavy atom. The molecule has 3 rings (SSSR count). The zero-order chi connectivity index (χ0) is 13.8. The number of aromatic nitrogens is 1. The molecule has 1 aromatic carbocycles. The van der Waals surface area contributed by atoms with Crippen LogP contribution in [0.25, 0.3) is 11.5 Å². The number of H-pyrrole nitrogens is 1. The van der Waals surface area contributed by atoms with Crippen molar-refractivity contribution >= 4 is 5.78 Å². The smallest absolute Gasteiger partial charge is 0.236 e. The van der Waals surface area contributed by atoms with Crippen LogP contribution in [-0.2, 0) is 0 Å². The van der Waals surface area contributed by atoms with Crippen LogP contribution in [0.3, 0.4) is 0 Å². The number of furan rings is 1. The quantitative estimate of drug-likeness (QED) is 0.566. The number of Topliss-reactive ketones (excluding diaryl/α,β-unsaturated/α-hetero) is 1. The van der Waals surface area contributed by atoms with Gasteiger partial charge in [0.1, 0.15) is 5.76 Å². The summed E-state index contributed by atoms with van der Waals surface area (Å²) >= 11 is 0.